The molecule has 0 saturated carbocycles. The Hall–Kier alpha value is -0.890. The molecule has 110 valence electrons. The lowest BCUT2D eigenvalue weighted by Gasteiger charge is -2.05. The van der Waals surface area contributed by atoms with E-state index >= 15 is 0 Å². The average Bonchev–Trinajstić information content (AvgIpc) is 3.04. The van der Waals surface area contributed by atoms with Crippen molar-refractivity contribution in [1.82, 2.24) is 19.7 Å². The van der Waals surface area contributed by atoms with Crippen LogP contribution >= 0.6 is 39.0 Å². The summed E-state index contributed by atoms with van der Waals surface area (Å²) in [5.74, 6) is 0. The van der Waals surface area contributed by atoms with Gasteiger partial charge in [-0.1, -0.05) is 6.92 Å². The molecule has 3 aromatic heterocycles. The minimum absolute atomic E-state index is 0.824. The van der Waals surface area contributed by atoms with Gasteiger partial charge in [-0.25, -0.2) is 9.97 Å². The highest BCUT2D eigenvalue weighted by molar-refractivity contribution is 9.10. The van der Waals surface area contributed by atoms with E-state index in [1.807, 2.05) is 18.3 Å². The summed E-state index contributed by atoms with van der Waals surface area (Å²) in [6.45, 7) is 4.01. The number of imidazole rings is 1. The molecule has 0 aliphatic rings. The van der Waals surface area contributed by atoms with Gasteiger partial charge in [-0.15, -0.1) is 11.3 Å². The van der Waals surface area contributed by atoms with Crippen molar-refractivity contribution in [1.29, 1.82) is 0 Å². The second-order valence-corrected chi connectivity index (χ2v) is 7.31. The van der Waals surface area contributed by atoms with E-state index in [9.17, 15) is 0 Å². The number of rotatable bonds is 6. The topological polar surface area (TPSA) is 42.2 Å². The summed E-state index contributed by atoms with van der Waals surface area (Å²) in [6.07, 6.45) is 5.02. The SMILES string of the molecule is CCCNCc1c(Sc2ccc(Br)cn2)nc2sccn12. The van der Waals surface area contributed by atoms with Gasteiger partial charge in [0.15, 0.2) is 4.96 Å². The number of halogens is 1. The Kier molecular flexibility index (Phi) is 4.95. The highest BCUT2D eigenvalue weighted by atomic mass is 79.9. The molecule has 1 N–H and O–H groups in total. The third-order valence-electron chi connectivity index (χ3n) is 2.95. The number of hydrogen-bond donors (Lipinski definition) is 1. The Balaban J connectivity index is 1.87. The van der Waals surface area contributed by atoms with Crippen molar-refractivity contribution >= 4 is 44.0 Å². The lowest BCUT2D eigenvalue weighted by molar-refractivity contribution is 0.653. The lowest BCUT2D eigenvalue weighted by atomic mass is 10.4. The maximum atomic E-state index is 4.72. The third-order valence-corrected chi connectivity index (χ3v) is 5.14. The first-order chi connectivity index (χ1) is 10.3. The van der Waals surface area contributed by atoms with E-state index < -0.39 is 0 Å². The molecular weight excluding hydrogens is 368 g/mol. The normalized spacial score (nSPS) is 11.3. The van der Waals surface area contributed by atoms with Crippen LogP contribution in [0.3, 0.4) is 0 Å². The fraction of sp³-hybridized carbons (Fsp3) is 0.286. The molecule has 21 heavy (non-hydrogen) atoms. The summed E-state index contributed by atoms with van der Waals surface area (Å²) in [6, 6.07) is 4.01. The van der Waals surface area contributed by atoms with Crippen molar-refractivity contribution in [3.8, 4) is 0 Å². The van der Waals surface area contributed by atoms with Gasteiger partial charge in [0.2, 0.25) is 0 Å². The number of thiazole rings is 1. The zero-order chi connectivity index (χ0) is 14.7. The number of aromatic nitrogens is 3. The summed E-state index contributed by atoms with van der Waals surface area (Å²) < 4.78 is 3.15. The monoisotopic (exact) mass is 382 g/mol. The van der Waals surface area contributed by atoms with E-state index in [2.05, 4.69) is 49.1 Å². The van der Waals surface area contributed by atoms with Crippen LogP contribution in [0, 0.1) is 0 Å². The first kappa shape index (κ1) is 15.0. The maximum absolute atomic E-state index is 4.72. The number of fused-ring (bicyclic) bond motifs is 1. The molecule has 0 atom stereocenters. The number of nitrogens with one attached hydrogen (secondary N) is 1. The van der Waals surface area contributed by atoms with Gasteiger partial charge in [0.25, 0.3) is 0 Å². The predicted molar refractivity (Wildman–Crippen MR) is 91.1 cm³/mol. The zero-order valence-electron chi connectivity index (χ0n) is 11.5. The molecule has 3 aromatic rings. The van der Waals surface area contributed by atoms with Gasteiger partial charge >= 0.3 is 0 Å². The number of nitrogens with zero attached hydrogens (tertiary/aromatic N) is 3. The first-order valence-corrected chi connectivity index (χ1v) is 9.21. The van der Waals surface area contributed by atoms with E-state index in [1.54, 1.807) is 23.1 Å². The van der Waals surface area contributed by atoms with Crippen molar-refractivity contribution < 1.29 is 0 Å². The lowest BCUT2D eigenvalue weighted by Crippen LogP contribution is -2.15. The molecule has 0 saturated heterocycles. The van der Waals surface area contributed by atoms with Crippen LogP contribution in [0.25, 0.3) is 4.96 Å². The van der Waals surface area contributed by atoms with Crippen LogP contribution in [0.1, 0.15) is 19.0 Å². The van der Waals surface area contributed by atoms with Gasteiger partial charge in [0, 0.05) is 28.8 Å². The van der Waals surface area contributed by atoms with Crippen molar-refractivity contribution in [2.45, 2.75) is 29.9 Å². The smallest absolute Gasteiger partial charge is 0.194 e. The fourth-order valence-electron chi connectivity index (χ4n) is 1.96. The molecule has 0 aliphatic carbocycles. The molecule has 3 heterocycles. The summed E-state index contributed by atoms with van der Waals surface area (Å²) in [7, 11) is 0. The van der Waals surface area contributed by atoms with Crippen molar-refractivity contribution in [2.24, 2.45) is 0 Å². The maximum Gasteiger partial charge on any atom is 0.194 e. The largest absolute Gasteiger partial charge is 0.311 e. The predicted octanol–water partition coefficient (Wildman–Crippen LogP) is 4.20. The van der Waals surface area contributed by atoms with Gasteiger partial charge in [-0.2, -0.15) is 0 Å². The summed E-state index contributed by atoms with van der Waals surface area (Å²) in [5.41, 5.74) is 1.20. The molecule has 4 nitrogen and oxygen atoms in total. The molecule has 0 bridgehead atoms. The Bertz CT molecular complexity index is 720. The quantitative estimate of drug-likeness (QED) is 0.648. The molecule has 0 spiro atoms. The van der Waals surface area contributed by atoms with Gasteiger partial charge in [-0.05, 0) is 52.8 Å². The van der Waals surface area contributed by atoms with Gasteiger partial charge in [0.1, 0.15) is 10.1 Å². The molecule has 0 amide bonds. The molecule has 0 fully saturated rings. The number of hydrogen-bond acceptors (Lipinski definition) is 5. The Morgan fingerprint density at radius 3 is 3.10 bits per heavy atom. The summed E-state index contributed by atoms with van der Waals surface area (Å²) in [5, 5.41) is 7.51. The Labute approximate surface area is 140 Å². The van der Waals surface area contributed by atoms with Crippen LogP contribution in [-0.4, -0.2) is 20.9 Å². The minimum Gasteiger partial charge on any atom is -0.311 e. The molecule has 0 unspecified atom stereocenters. The van der Waals surface area contributed by atoms with Crippen LogP contribution in [-0.2, 0) is 6.54 Å². The highest BCUT2D eigenvalue weighted by Gasteiger charge is 2.14. The minimum atomic E-state index is 0.824. The van der Waals surface area contributed by atoms with Crippen molar-refractivity contribution in [2.75, 3.05) is 6.54 Å². The zero-order valence-corrected chi connectivity index (χ0v) is 14.8. The first-order valence-electron chi connectivity index (χ1n) is 6.72. The summed E-state index contributed by atoms with van der Waals surface area (Å²) in [4.78, 5) is 10.2. The van der Waals surface area contributed by atoms with E-state index in [0.717, 1.165) is 39.0 Å². The Morgan fingerprint density at radius 2 is 2.33 bits per heavy atom. The second kappa shape index (κ2) is 6.91. The van der Waals surface area contributed by atoms with Gasteiger partial charge in [-0.3, -0.25) is 4.40 Å². The molecular formula is C14H15BrN4S2. The average molecular weight is 383 g/mol. The van der Waals surface area contributed by atoms with Crippen LogP contribution in [0.15, 0.2) is 44.4 Å². The van der Waals surface area contributed by atoms with Crippen LogP contribution in [0.2, 0.25) is 0 Å². The Morgan fingerprint density at radius 1 is 1.43 bits per heavy atom. The van der Waals surface area contributed by atoms with Crippen molar-refractivity contribution in [3.05, 3.63) is 40.1 Å². The molecule has 3 rings (SSSR count). The highest BCUT2D eigenvalue weighted by Crippen LogP contribution is 2.31. The summed E-state index contributed by atoms with van der Waals surface area (Å²) >= 11 is 6.68. The second-order valence-electron chi connectivity index (χ2n) is 4.51. The number of pyridine rings is 1. The van der Waals surface area contributed by atoms with E-state index in [1.165, 1.54) is 5.69 Å². The molecule has 0 radical (unpaired) electrons. The van der Waals surface area contributed by atoms with Crippen LogP contribution in [0.4, 0.5) is 0 Å². The standard InChI is InChI=1S/C14H15BrN4S2/c1-2-5-16-9-11-13(18-14-19(11)6-7-20-14)21-12-4-3-10(15)8-17-12/h3-4,6-8,16H,2,5,9H2,1H3. The van der Waals surface area contributed by atoms with E-state index in [4.69, 9.17) is 4.98 Å². The van der Waals surface area contributed by atoms with Crippen molar-refractivity contribution in [3.63, 3.8) is 0 Å². The molecule has 7 heteroatoms. The molecule has 0 aromatic carbocycles. The third kappa shape index (κ3) is 3.48. The van der Waals surface area contributed by atoms with Crippen LogP contribution in [0.5, 0.6) is 0 Å². The van der Waals surface area contributed by atoms with E-state index in [-0.39, 0.29) is 0 Å². The van der Waals surface area contributed by atoms with Gasteiger partial charge < -0.3 is 5.32 Å². The van der Waals surface area contributed by atoms with Crippen LogP contribution < -0.4 is 5.32 Å². The van der Waals surface area contributed by atoms with E-state index in [0.29, 0.717) is 0 Å². The molecule has 0 aliphatic heterocycles. The van der Waals surface area contributed by atoms with Gasteiger partial charge in [0.05, 0.1) is 5.69 Å². The fourth-order valence-corrected chi connectivity index (χ4v) is 3.85.